The standard InChI is InChI=1S/C21H22N4O3/c1-4-10-21-16(5-2)20(13-24,18(25)28-21)19(11-22,12-23)17(27-21)14-8-6-7-9-15(14)26-3/h6-9,16-17,25H,4-5,10H2,1-3H3. The summed E-state index contributed by atoms with van der Waals surface area (Å²) >= 11 is 0. The third-order valence-corrected chi connectivity index (χ3v) is 5.98. The average molecular weight is 378 g/mol. The molecule has 3 rings (SSSR count). The van der Waals surface area contributed by atoms with Crippen molar-refractivity contribution in [2.75, 3.05) is 7.11 Å². The fraction of sp³-hybridized carbons (Fsp3) is 0.524. The molecule has 144 valence electrons. The molecule has 2 aliphatic heterocycles. The van der Waals surface area contributed by atoms with Gasteiger partial charge in [0, 0.05) is 12.0 Å². The Morgan fingerprint density at radius 3 is 2.36 bits per heavy atom. The topological polar surface area (TPSA) is 123 Å². The van der Waals surface area contributed by atoms with E-state index in [-0.39, 0.29) is 5.90 Å². The van der Waals surface area contributed by atoms with Gasteiger partial charge in [0.1, 0.15) is 11.9 Å². The summed E-state index contributed by atoms with van der Waals surface area (Å²) in [6.45, 7) is 3.81. The second kappa shape index (κ2) is 6.82. The first-order valence-electron chi connectivity index (χ1n) is 9.29. The lowest BCUT2D eigenvalue weighted by atomic mass is 9.52. The number of nitriles is 3. The van der Waals surface area contributed by atoms with Crippen molar-refractivity contribution in [3.63, 3.8) is 0 Å². The molecule has 0 aromatic heterocycles. The van der Waals surface area contributed by atoms with Crippen molar-refractivity contribution >= 4 is 5.90 Å². The number of fused-ring (bicyclic) bond motifs is 2. The van der Waals surface area contributed by atoms with Gasteiger partial charge in [0.2, 0.25) is 17.1 Å². The van der Waals surface area contributed by atoms with E-state index in [9.17, 15) is 15.8 Å². The zero-order valence-corrected chi connectivity index (χ0v) is 16.2. The van der Waals surface area contributed by atoms with E-state index in [4.69, 9.17) is 19.6 Å². The molecule has 2 saturated heterocycles. The largest absolute Gasteiger partial charge is 0.496 e. The summed E-state index contributed by atoms with van der Waals surface area (Å²) in [5.41, 5.74) is -3.20. The third-order valence-electron chi connectivity index (χ3n) is 5.98. The second-order valence-electron chi connectivity index (χ2n) is 7.15. The van der Waals surface area contributed by atoms with Crippen molar-refractivity contribution in [1.29, 1.82) is 21.2 Å². The monoisotopic (exact) mass is 378 g/mol. The molecule has 4 unspecified atom stereocenters. The van der Waals surface area contributed by atoms with E-state index in [2.05, 4.69) is 18.2 Å². The highest BCUT2D eigenvalue weighted by Crippen LogP contribution is 2.68. The smallest absolute Gasteiger partial charge is 0.217 e. The Kier molecular flexibility index (Phi) is 4.79. The van der Waals surface area contributed by atoms with E-state index in [1.165, 1.54) is 7.11 Å². The van der Waals surface area contributed by atoms with Crippen molar-refractivity contribution in [1.82, 2.24) is 0 Å². The van der Waals surface area contributed by atoms with Crippen molar-refractivity contribution < 1.29 is 14.2 Å². The van der Waals surface area contributed by atoms with Crippen LogP contribution in [0.2, 0.25) is 0 Å². The summed E-state index contributed by atoms with van der Waals surface area (Å²) in [5.74, 6) is -1.76. The molecule has 2 bridgehead atoms. The van der Waals surface area contributed by atoms with Gasteiger partial charge >= 0.3 is 0 Å². The predicted molar refractivity (Wildman–Crippen MR) is 98.8 cm³/mol. The Bertz CT molecular complexity index is 911. The van der Waals surface area contributed by atoms with Crippen LogP contribution in [0.4, 0.5) is 0 Å². The Labute approximate surface area is 164 Å². The van der Waals surface area contributed by atoms with Gasteiger partial charge in [-0.05, 0) is 18.9 Å². The van der Waals surface area contributed by atoms with Crippen LogP contribution in [0.5, 0.6) is 5.75 Å². The minimum atomic E-state index is -1.96. The highest BCUT2D eigenvalue weighted by atomic mass is 16.7. The molecule has 0 saturated carbocycles. The van der Waals surface area contributed by atoms with E-state index in [0.29, 0.717) is 30.6 Å². The normalized spacial score (nSPS) is 32.5. The van der Waals surface area contributed by atoms with Crippen LogP contribution in [0.1, 0.15) is 44.8 Å². The molecule has 1 N–H and O–H groups in total. The molecule has 2 fully saturated rings. The number of nitrogens with one attached hydrogen (secondary N) is 1. The van der Waals surface area contributed by atoms with Crippen molar-refractivity contribution in [3.05, 3.63) is 29.8 Å². The summed E-state index contributed by atoms with van der Waals surface area (Å²) in [6, 6.07) is 13.2. The number of methoxy groups -OCH3 is 1. The van der Waals surface area contributed by atoms with Gasteiger partial charge in [0.25, 0.3) is 0 Å². The number of hydrogen-bond donors (Lipinski definition) is 1. The number of ether oxygens (including phenoxy) is 3. The minimum Gasteiger partial charge on any atom is -0.496 e. The van der Waals surface area contributed by atoms with Gasteiger partial charge < -0.3 is 14.2 Å². The highest BCUT2D eigenvalue weighted by molar-refractivity contribution is 5.89. The predicted octanol–water partition coefficient (Wildman–Crippen LogP) is 3.84. The molecule has 7 nitrogen and oxygen atoms in total. The number of rotatable bonds is 5. The Balaban J connectivity index is 2.37. The highest BCUT2D eigenvalue weighted by Gasteiger charge is 2.79. The van der Waals surface area contributed by atoms with Gasteiger partial charge in [-0.25, -0.2) is 0 Å². The minimum absolute atomic E-state index is 0.365. The van der Waals surface area contributed by atoms with Crippen LogP contribution in [0.3, 0.4) is 0 Å². The maximum Gasteiger partial charge on any atom is 0.217 e. The van der Waals surface area contributed by atoms with E-state index in [1.807, 2.05) is 13.8 Å². The fourth-order valence-corrected chi connectivity index (χ4v) is 4.83. The number of benzene rings is 1. The second-order valence-corrected chi connectivity index (χ2v) is 7.15. The SMILES string of the molecule is CCCC12OC(=N)C(C#N)(C1CC)C(C#N)(C#N)C(c1ccccc1OC)O2. The van der Waals surface area contributed by atoms with Crippen molar-refractivity contribution in [2.45, 2.75) is 45.0 Å². The molecule has 0 radical (unpaired) electrons. The molecular formula is C21H22N4O3. The first kappa shape index (κ1) is 19.7. The summed E-state index contributed by atoms with van der Waals surface area (Å²) < 4.78 is 17.7. The average Bonchev–Trinajstić information content (AvgIpc) is 2.91. The van der Waals surface area contributed by atoms with Gasteiger partial charge in [0.05, 0.1) is 31.2 Å². The molecule has 2 heterocycles. The van der Waals surface area contributed by atoms with Crippen LogP contribution in [-0.2, 0) is 9.47 Å². The Morgan fingerprint density at radius 1 is 1.14 bits per heavy atom. The van der Waals surface area contributed by atoms with Crippen LogP contribution < -0.4 is 4.74 Å². The van der Waals surface area contributed by atoms with E-state index >= 15 is 0 Å². The van der Waals surface area contributed by atoms with Gasteiger partial charge in [-0.3, -0.25) is 5.41 Å². The van der Waals surface area contributed by atoms with E-state index < -0.39 is 28.6 Å². The molecular weight excluding hydrogens is 356 g/mol. The molecule has 28 heavy (non-hydrogen) atoms. The van der Waals surface area contributed by atoms with Crippen molar-refractivity contribution in [3.8, 4) is 24.0 Å². The van der Waals surface area contributed by atoms with Crippen molar-refractivity contribution in [2.24, 2.45) is 16.7 Å². The summed E-state index contributed by atoms with van der Waals surface area (Å²) in [7, 11) is 1.49. The third kappa shape index (κ3) is 2.13. The van der Waals surface area contributed by atoms with Crippen LogP contribution in [0, 0.1) is 56.2 Å². The molecule has 7 heteroatoms. The fourth-order valence-electron chi connectivity index (χ4n) is 4.83. The van der Waals surface area contributed by atoms with Crippen LogP contribution in [0.15, 0.2) is 24.3 Å². The molecule has 1 aromatic carbocycles. The summed E-state index contributed by atoms with van der Waals surface area (Å²) in [6.07, 6.45) is 0.460. The quantitative estimate of drug-likeness (QED) is 0.830. The van der Waals surface area contributed by atoms with Gasteiger partial charge in [-0.15, -0.1) is 0 Å². The maximum absolute atomic E-state index is 10.3. The Hall–Kier alpha value is -3.08. The lowest BCUT2D eigenvalue weighted by Crippen LogP contribution is -2.59. The number of hydrogen-bond acceptors (Lipinski definition) is 7. The molecule has 0 spiro atoms. The van der Waals surface area contributed by atoms with E-state index in [1.54, 1.807) is 24.3 Å². The molecule has 2 aliphatic rings. The first-order valence-corrected chi connectivity index (χ1v) is 9.29. The lowest BCUT2D eigenvalue weighted by molar-refractivity contribution is -0.286. The number of nitrogens with zero attached hydrogens (tertiary/aromatic N) is 3. The maximum atomic E-state index is 10.3. The first-order chi connectivity index (χ1) is 13.5. The van der Waals surface area contributed by atoms with Gasteiger partial charge in [0.15, 0.2) is 5.41 Å². The lowest BCUT2D eigenvalue weighted by Gasteiger charge is -2.49. The van der Waals surface area contributed by atoms with Gasteiger partial charge in [-0.2, -0.15) is 15.8 Å². The van der Waals surface area contributed by atoms with Crippen LogP contribution in [0.25, 0.3) is 0 Å². The van der Waals surface area contributed by atoms with Gasteiger partial charge in [-0.1, -0.05) is 32.0 Å². The molecule has 0 aliphatic carbocycles. The zero-order chi connectivity index (χ0) is 20.6. The number of para-hydroxylation sites is 1. The molecule has 4 atom stereocenters. The van der Waals surface area contributed by atoms with Crippen LogP contribution >= 0.6 is 0 Å². The Morgan fingerprint density at radius 2 is 1.82 bits per heavy atom. The zero-order valence-electron chi connectivity index (χ0n) is 16.2. The molecule has 0 amide bonds. The summed E-state index contributed by atoms with van der Waals surface area (Å²) in [5, 5.41) is 39.2. The van der Waals surface area contributed by atoms with E-state index in [0.717, 1.165) is 0 Å². The molecule has 1 aromatic rings. The summed E-state index contributed by atoms with van der Waals surface area (Å²) in [4.78, 5) is 0. The van der Waals surface area contributed by atoms with Crippen LogP contribution in [-0.4, -0.2) is 18.8 Å².